The topological polar surface area (TPSA) is 106 Å². The van der Waals surface area contributed by atoms with Gasteiger partial charge in [-0.25, -0.2) is 0 Å². The van der Waals surface area contributed by atoms with E-state index in [1.54, 1.807) is 48.5 Å². The summed E-state index contributed by atoms with van der Waals surface area (Å²) in [6, 6.07) is 11.7. The molecule has 3 aliphatic heterocycles. The Bertz CT molecular complexity index is 1300. The number of benzene rings is 2. The van der Waals surface area contributed by atoms with Crippen molar-refractivity contribution in [2.24, 2.45) is 0 Å². The maximum Gasteiger partial charge on any atom is 0.296 e. The van der Waals surface area contributed by atoms with E-state index in [0.29, 0.717) is 49.0 Å². The lowest BCUT2D eigenvalue weighted by Crippen LogP contribution is -2.52. The number of likely N-dealkylation sites (tertiary alicyclic amines) is 1. The second-order valence-corrected chi connectivity index (χ2v) is 8.65. The number of para-hydroxylation sites is 1. The normalized spacial score (nSPS) is 21.9. The molecule has 3 aliphatic rings. The molecule has 1 N–H and O–H groups in total. The van der Waals surface area contributed by atoms with Crippen LogP contribution in [0.15, 0.2) is 60.7 Å². The van der Waals surface area contributed by atoms with Crippen molar-refractivity contribution in [3.8, 4) is 11.5 Å². The first kappa shape index (κ1) is 23.6. The molecule has 186 valence electrons. The maximum absolute atomic E-state index is 14.2. The largest absolute Gasteiger partial charge is 0.507 e. The van der Waals surface area contributed by atoms with Gasteiger partial charge in [0.1, 0.15) is 19.0 Å². The van der Waals surface area contributed by atoms with Gasteiger partial charge in [-0.1, -0.05) is 24.3 Å². The number of carbonyl (C=O) groups is 3. The van der Waals surface area contributed by atoms with Gasteiger partial charge in [0.25, 0.3) is 17.6 Å². The van der Waals surface area contributed by atoms with Crippen LogP contribution in [0, 0.1) is 0 Å². The number of fused-ring (bicyclic) bond motifs is 3. The van der Waals surface area contributed by atoms with Gasteiger partial charge in [-0.2, -0.15) is 0 Å². The van der Waals surface area contributed by atoms with Gasteiger partial charge in [-0.3, -0.25) is 14.4 Å². The molecule has 2 amide bonds. The molecule has 0 aromatic heterocycles. The van der Waals surface area contributed by atoms with E-state index in [9.17, 15) is 19.5 Å². The number of hydrogen-bond acceptors (Lipinski definition) is 7. The fraction of sp³-hybridized carbons (Fsp3) is 0.296. The molecule has 5 rings (SSSR count). The SMILES string of the molecule is C=CCN1C(=O)[C@]2(/C(=C(\O)c3ccc4c(c3)OCCO4)C(=O)C(=O)N2CCCOC)c2ccccc21. The first-order valence-electron chi connectivity index (χ1n) is 11.7. The average Bonchev–Trinajstić information content (AvgIpc) is 3.27. The number of aliphatic hydroxyl groups is 1. The quantitative estimate of drug-likeness (QED) is 0.209. The summed E-state index contributed by atoms with van der Waals surface area (Å²) in [7, 11) is 1.54. The van der Waals surface area contributed by atoms with Gasteiger partial charge in [-0.05, 0) is 30.7 Å². The lowest BCUT2D eigenvalue weighted by Gasteiger charge is -2.34. The average molecular weight is 491 g/mol. The van der Waals surface area contributed by atoms with Crippen molar-refractivity contribution in [2.45, 2.75) is 12.0 Å². The maximum atomic E-state index is 14.2. The Balaban J connectivity index is 1.76. The number of ketones is 1. The molecule has 3 heterocycles. The molecule has 0 aliphatic carbocycles. The highest BCUT2D eigenvalue weighted by Gasteiger charge is 2.66. The van der Waals surface area contributed by atoms with Crippen LogP contribution in [0.3, 0.4) is 0 Å². The number of carbonyl (C=O) groups excluding carboxylic acids is 3. The minimum Gasteiger partial charge on any atom is -0.507 e. The van der Waals surface area contributed by atoms with Gasteiger partial charge in [0, 0.05) is 37.9 Å². The van der Waals surface area contributed by atoms with Crippen LogP contribution in [0.25, 0.3) is 5.76 Å². The van der Waals surface area contributed by atoms with Crippen LogP contribution in [0.2, 0.25) is 0 Å². The Morgan fingerprint density at radius 3 is 2.64 bits per heavy atom. The van der Waals surface area contributed by atoms with Gasteiger partial charge in [0.2, 0.25) is 0 Å². The van der Waals surface area contributed by atoms with E-state index in [2.05, 4.69) is 6.58 Å². The van der Waals surface area contributed by atoms with Gasteiger partial charge >= 0.3 is 0 Å². The molecule has 0 radical (unpaired) electrons. The number of Topliss-reactive ketones (excluding diaryl/α,β-unsaturated/α-hetero) is 1. The zero-order valence-corrected chi connectivity index (χ0v) is 19.9. The van der Waals surface area contributed by atoms with E-state index in [4.69, 9.17) is 14.2 Å². The summed E-state index contributed by atoms with van der Waals surface area (Å²) in [4.78, 5) is 43.9. The summed E-state index contributed by atoms with van der Waals surface area (Å²) in [6.45, 7) is 5.07. The minimum absolute atomic E-state index is 0.0817. The summed E-state index contributed by atoms with van der Waals surface area (Å²) in [5, 5.41) is 11.6. The highest BCUT2D eigenvalue weighted by atomic mass is 16.6. The van der Waals surface area contributed by atoms with Crippen molar-refractivity contribution >= 4 is 29.0 Å². The van der Waals surface area contributed by atoms with Crippen LogP contribution in [-0.2, 0) is 24.7 Å². The third-order valence-electron chi connectivity index (χ3n) is 6.67. The highest BCUT2D eigenvalue weighted by Crippen LogP contribution is 2.53. The molecule has 2 aromatic rings. The summed E-state index contributed by atoms with van der Waals surface area (Å²) in [5.74, 6) is -1.83. The lowest BCUT2D eigenvalue weighted by molar-refractivity contribution is -0.143. The Kier molecular flexibility index (Phi) is 6.01. The Morgan fingerprint density at radius 1 is 1.14 bits per heavy atom. The predicted molar refractivity (Wildman–Crippen MR) is 131 cm³/mol. The van der Waals surface area contributed by atoms with E-state index in [0.717, 1.165) is 0 Å². The first-order valence-corrected chi connectivity index (χ1v) is 11.7. The van der Waals surface area contributed by atoms with Gasteiger partial charge in [0.15, 0.2) is 17.0 Å². The number of ether oxygens (including phenoxy) is 3. The van der Waals surface area contributed by atoms with Crippen LogP contribution in [0.1, 0.15) is 17.5 Å². The first-order chi connectivity index (χ1) is 17.5. The third kappa shape index (κ3) is 3.30. The molecule has 2 aromatic carbocycles. The molecular formula is C27H26N2O7. The van der Waals surface area contributed by atoms with E-state index in [-0.39, 0.29) is 24.2 Å². The lowest BCUT2D eigenvalue weighted by atomic mass is 9.81. The molecule has 0 unspecified atom stereocenters. The Hall–Kier alpha value is -4.11. The van der Waals surface area contributed by atoms with Crippen molar-refractivity contribution in [2.75, 3.05) is 44.9 Å². The standard InChI is InChI=1S/C27H26N2O7/c1-3-11-28-19-8-5-4-7-18(19)27(26(28)33)22(24(31)25(32)29(27)12-6-13-34-2)23(30)17-9-10-20-21(16-17)36-15-14-35-20/h3-5,7-10,16,30H,1,6,11-15H2,2H3/b23-22-/t27-/m1/s1. The van der Waals surface area contributed by atoms with Crippen molar-refractivity contribution in [3.63, 3.8) is 0 Å². The van der Waals surface area contributed by atoms with Gasteiger partial charge in [0.05, 0.1) is 11.3 Å². The summed E-state index contributed by atoms with van der Waals surface area (Å²) >= 11 is 0. The number of hydrogen-bond donors (Lipinski definition) is 1. The molecule has 9 heteroatoms. The number of anilines is 1. The van der Waals surface area contributed by atoms with Crippen molar-refractivity contribution < 1.29 is 33.7 Å². The zero-order valence-electron chi connectivity index (χ0n) is 19.9. The predicted octanol–water partition coefficient (Wildman–Crippen LogP) is 2.60. The number of methoxy groups -OCH3 is 1. The minimum atomic E-state index is -1.82. The van der Waals surface area contributed by atoms with Crippen molar-refractivity contribution in [1.29, 1.82) is 0 Å². The fourth-order valence-electron chi connectivity index (χ4n) is 5.18. The van der Waals surface area contributed by atoms with E-state index in [1.807, 2.05) is 0 Å². The van der Waals surface area contributed by atoms with Crippen LogP contribution < -0.4 is 14.4 Å². The molecule has 1 fully saturated rings. The monoisotopic (exact) mass is 490 g/mol. The number of amides is 2. The number of aliphatic hydroxyl groups excluding tert-OH is 1. The van der Waals surface area contributed by atoms with Crippen molar-refractivity contribution in [3.05, 3.63) is 71.8 Å². The molecule has 36 heavy (non-hydrogen) atoms. The molecule has 1 saturated heterocycles. The molecule has 0 bridgehead atoms. The van der Waals surface area contributed by atoms with Crippen LogP contribution in [-0.4, -0.2) is 67.6 Å². The summed E-state index contributed by atoms with van der Waals surface area (Å²) < 4.78 is 16.3. The van der Waals surface area contributed by atoms with Gasteiger partial charge < -0.3 is 29.1 Å². The summed E-state index contributed by atoms with van der Waals surface area (Å²) in [6.07, 6.45) is 1.97. The fourth-order valence-corrected chi connectivity index (χ4v) is 5.18. The van der Waals surface area contributed by atoms with Crippen LogP contribution in [0.4, 0.5) is 5.69 Å². The van der Waals surface area contributed by atoms with Crippen LogP contribution >= 0.6 is 0 Å². The number of nitrogens with zero attached hydrogens (tertiary/aromatic N) is 2. The number of rotatable bonds is 7. The Labute approximate surface area is 208 Å². The molecule has 1 spiro atoms. The smallest absolute Gasteiger partial charge is 0.296 e. The van der Waals surface area contributed by atoms with E-state index < -0.39 is 28.9 Å². The van der Waals surface area contributed by atoms with E-state index >= 15 is 0 Å². The van der Waals surface area contributed by atoms with Crippen molar-refractivity contribution in [1.82, 2.24) is 4.90 Å². The second-order valence-electron chi connectivity index (χ2n) is 8.65. The molecule has 0 saturated carbocycles. The third-order valence-corrected chi connectivity index (χ3v) is 6.67. The second kappa shape index (κ2) is 9.16. The van der Waals surface area contributed by atoms with Crippen LogP contribution in [0.5, 0.6) is 11.5 Å². The van der Waals surface area contributed by atoms with Gasteiger partial charge in [-0.15, -0.1) is 6.58 Å². The molecular weight excluding hydrogens is 464 g/mol. The molecule has 1 atom stereocenters. The summed E-state index contributed by atoms with van der Waals surface area (Å²) in [5.41, 5.74) is -0.855. The Morgan fingerprint density at radius 2 is 1.89 bits per heavy atom. The van der Waals surface area contributed by atoms with E-state index in [1.165, 1.54) is 16.9 Å². The zero-order chi connectivity index (χ0) is 25.4. The highest BCUT2D eigenvalue weighted by molar-refractivity contribution is 6.50. The molecule has 9 nitrogen and oxygen atoms in total.